The van der Waals surface area contributed by atoms with Gasteiger partial charge in [0.25, 0.3) is 11.1 Å². The second-order valence-corrected chi connectivity index (χ2v) is 7.21. The third-order valence-corrected chi connectivity index (χ3v) is 5.19. The predicted octanol–water partition coefficient (Wildman–Crippen LogP) is 4.26. The van der Waals surface area contributed by atoms with Crippen molar-refractivity contribution in [3.63, 3.8) is 0 Å². The second-order valence-electron chi connectivity index (χ2n) is 6.22. The van der Waals surface area contributed by atoms with Crippen molar-refractivity contribution in [1.29, 1.82) is 0 Å². The standard InChI is InChI=1S/C21H21NO5S/c1-13-6-5-7-14(8-13)12-22-20(23)18(28-21(22)24)11-15-9-16(25-2)19(27-4)17(10-15)26-3/h5-11H,12H2,1-4H3/b18-11-. The van der Waals surface area contributed by atoms with Crippen LogP contribution in [0.15, 0.2) is 41.3 Å². The van der Waals surface area contributed by atoms with E-state index in [9.17, 15) is 9.59 Å². The van der Waals surface area contributed by atoms with Crippen LogP contribution in [0.5, 0.6) is 17.2 Å². The third kappa shape index (κ3) is 3.99. The fourth-order valence-electron chi connectivity index (χ4n) is 2.97. The molecule has 3 rings (SSSR count). The predicted molar refractivity (Wildman–Crippen MR) is 109 cm³/mol. The van der Waals surface area contributed by atoms with Crippen LogP contribution in [0.4, 0.5) is 4.79 Å². The molecule has 7 heteroatoms. The SMILES string of the molecule is COc1cc(/C=C2\SC(=O)N(Cc3cccc(C)c3)C2=O)cc(OC)c1OC. The van der Waals surface area contributed by atoms with Crippen LogP contribution in [0.25, 0.3) is 6.08 Å². The van der Waals surface area contributed by atoms with Crippen LogP contribution in [0.3, 0.4) is 0 Å². The maximum atomic E-state index is 12.8. The lowest BCUT2D eigenvalue weighted by Gasteiger charge is -2.13. The lowest BCUT2D eigenvalue weighted by molar-refractivity contribution is -0.123. The number of rotatable bonds is 6. The minimum atomic E-state index is -0.315. The number of imide groups is 1. The number of hydrogen-bond donors (Lipinski definition) is 0. The molecule has 2 aromatic rings. The molecule has 28 heavy (non-hydrogen) atoms. The van der Waals surface area contributed by atoms with Gasteiger partial charge in [0, 0.05) is 0 Å². The average molecular weight is 399 g/mol. The van der Waals surface area contributed by atoms with Gasteiger partial charge in [-0.05, 0) is 48.0 Å². The van der Waals surface area contributed by atoms with E-state index in [-0.39, 0.29) is 17.7 Å². The van der Waals surface area contributed by atoms with E-state index >= 15 is 0 Å². The fraction of sp³-hybridized carbons (Fsp3) is 0.238. The van der Waals surface area contributed by atoms with Gasteiger partial charge in [0.1, 0.15) is 0 Å². The minimum Gasteiger partial charge on any atom is -0.493 e. The van der Waals surface area contributed by atoms with Crippen LogP contribution in [0.2, 0.25) is 0 Å². The Morgan fingerprint density at radius 2 is 1.68 bits per heavy atom. The van der Waals surface area contributed by atoms with E-state index in [4.69, 9.17) is 14.2 Å². The Balaban J connectivity index is 1.89. The van der Waals surface area contributed by atoms with Crippen LogP contribution >= 0.6 is 11.8 Å². The van der Waals surface area contributed by atoms with Crippen molar-refractivity contribution < 1.29 is 23.8 Å². The number of carbonyl (C=O) groups excluding carboxylic acids is 2. The van der Waals surface area contributed by atoms with E-state index in [1.54, 1.807) is 18.2 Å². The molecule has 1 aliphatic rings. The summed E-state index contributed by atoms with van der Waals surface area (Å²) in [6.45, 7) is 2.22. The van der Waals surface area contributed by atoms with Gasteiger partial charge in [-0.15, -0.1) is 0 Å². The molecular formula is C21H21NO5S. The van der Waals surface area contributed by atoms with Gasteiger partial charge < -0.3 is 14.2 Å². The summed E-state index contributed by atoms with van der Waals surface area (Å²) in [6, 6.07) is 11.2. The summed E-state index contributed by atoms with van der Waals surface area (Å²) >= 11 is 0.923. The van der Waals surface area contributed by atoms with Crippen molar-refractivity contribution in [3.8, 4) is 17.2 Å². The zero-order valence-electron chi connectivity index (χ0n) is 16.1. The molecule has 2 amide bonds. The summed E-state index contributed by atoms with van der Waals surface area (Å²) in [7, 11) is 4.57. The Morgan fingerprint density at radius 1 is 1.00 bits per heavy atom. The molecule has 1 aliphatic heterocycles. The highest BCUT2D eigenvalue weighted by molar-refractivity contribution is 8.18. The Kier molecular flexibility index (Phi) is 5.94. The molecule has 0 saturated carbocycles. The average Bonchev–Trinajstić information content (AvgIpc) is 2.94. The molecular weight excluding hydrogens is 378 g/mol. The van der Waals surface area contributed by atoms with Crippen LogP contribution < -0.4 is 14.2 Å². The number of hydrogen-bond acceptors (Lipinski definition) is 6. The van der Waals surface area contributed by atoms with Crippen molar-refractivity contribution in [1.82, 2.24) is 4.90 Å². The largest absolute Gasteiger partial charge is 0.493 e. The minimum absolute atomic E-state index is 0.249. The zero-order chi connectivity index (χ0) is 20.3. The van der Waals surface area contributed by atoms with Gasteiger partial charge in [0.2, 0.25) is 5.75 Å². The van der Waals surface area contributed by atoms with Crippen LogP contribution in [-0.2, 0) is 11.3 Å². The molecule has 0 unspecified atom stereocenters. The first-order chi connectivity index (χ1) is 13.5. The highest BCUT2D eigenvalue weighted by Crippen LogP contribution is 2.40. The fourth-order valence-corrected chi connectivity index (χ4v) is 3.80. The van der Waals surface area contributed by atoms with E-state index in [0.29, 0.717) is 27.7 Å². The molecule has 146 valence electrons. The second kappa shape index (κ2) is 8.39. The summed E-state index contributed by atoms with van der Waals surface area (Å²) in [5.41, 5.74) is 2.67. The van der Waals surface area contributed by atoms with Gasteiger partial charge in [-0.25, -0.2) is 0 Å². The summed E-state index contributed by atoms with van der Waals surface area (Å²) in [4.78, 5) is 26.8. The quantitative estimate of drug-likeness (QED) is 0.677. The summed E-state index contributed by atoms with van der Waals surface area (Å²) < 4.78 is 16.0. The van der Waals surface area contributed by atoms with E-state index < -0.39 is 0 Å². The Bertz CT molecular complexity index is 929. The Labute approximate surface area is 168 Å². The van der Waals surface area contributed by atoms with Crippen molar-refractivity contribution in [3.05, 3.63) is 58.0 Å². The van der Waals surface area contributed by atoms with Gasteiger partial charge in [0.15, 0.2) is 11.5 Å². The number of amides is 2. The maximum absolute atomic E-state index is 12.8. The number of aryl methyl sites for hydroxylation is 1. The number of thioether (sulfide) groups is 1. The zero-order valence-corrected chi connectivity index (χ0v) is 17.0. The number of nitrogens with zero attached hydrogens (tertiary/aromatic N) is 1. The number of ether oxygens (including phenoxy) is 3. The molecule has 1 fully saturated rings. The number of methoxy groups -OCH3 is 3. The monoisotopic (exact) mass is 399 g/mol. The van der Waals surface area contributed by atoms with Crippen LogP contribution in [0.1, 0.15) is 16.7 Å². The van der Waals surface area contributed by atoms with Crippen LogP contribution in [0, 0.1) is 6.92 Å². The van der Waals surface area contributed by atoms with E-state index in [2.05, 4.69) is 0 Å². The molecule has 0 bridgehead atoms. The first-order valence-electron chi connectivity index (χ1n) is 8.57. The van der Waals surface area contributed by atoms with Gasteiger partial charge >= 0.3 is 0 Å². The number of benzene rings is 2. The van der Waals surface area contributed by atoms with Crippen molar-refractivity contribution >= 4 is 29.0 Å². The molecule has 0 spiro atoms. The first kappa shape index (κ1) is 19.8. The molecule has 6 nitrogen and oxygen atoms in total. The number of carbonyl (C=O) groups is 2. The van der Waals surface area contributed by atoms with Gasteiger partial charge in [-0.2, -0.15) is 0 Å². The lowest BCUT2D eigenvalue weighted by Crippen LogP contribution is -2.27. The smallest absolute Gasteiger partial charge is 0.293 e. The molecule has 0 N–H and O–H groups in total. The lowest BCUT2D eigenvalue weighted by atomic mass is 10.1. The normalized spacial score (nSPS) is 15.3. The summed E-state index contributed by atoms with van der Waals surface area (Å²) in [5, 5.41) is -0.287. The van der Waals surface area contributed by atoms with Crippen molar-refractivity contribution in [2.45, 2.75) is 13.5 Å². The highest BCUT2D eigenvalue weighted by Gasteiger charge is 2.35. The van der Waals surface area contributed by atoms with Gasteiger partial charge in [0.05, 0.1) is 32.8 Å². The van der Waals surface area contributed by atoms with E-state index in [0.717, 1.165) is 22.9 Å². The molecule has 0 aromatic heterocycles. The molecule has 1 heterocycles. The third-order valence-electron chi connectivity index (χ3n) is 4.28. The van der Waals surface area contributed by atoms with Gasteiger partial charge in [-0.1, -0.05) is 29.8 Å². The molecule has 1 saturated heterocycles. The van der Waals surface area contributed by atoms with Crippen molar-refractivity contribution in [2.24, 2.45) is 0 Å². The molecule has 0 radical (unpaired) electrons. The van der Waals surface area contributed by atoms with E-state index in [1.165, 1.54) is 26.2 Å². The molecule has 0 aliphatic carbocycles. The summed E-state index contributed by atoms with van der Waals surface area (Å²) in [6.07, 6.45) is 1.66. The Morgan fingerprint density at radius 3 is 2.25 bits per heavy atom. The van der Waals surface area contributed by atoms with Crippen molar-refractivity contribution in [2.75, 3.05) is 21.3 Å². The topological polar surface area (TPSA) is 65.1 Å². The van der Waals surface area contributed by atoms with Gasteiger partial charge in [-0.3, -0.25) is 14.5 Å². The van der Waals surface area contributed by atoms with E-state index in [1.807, 2.05) is 31.2 Å². The summed E-state index contributed by atoms with van der Waals surface area (Å²) in [5.74, 6) is 1.11. The first-order valence-corrected chi connectivity index (χ1v) is 9.39. The molecule has 0 atom stereocenters. The van der Waals surface area contributed by atoms with Crippen LogP contribution in [-0.4, -0.2) is 37.4 Å². The molecule has 2 aromatic carbocycles. The Hall–Kier alpha value is -2.93. The maximum Gasteiger partial charge on any atom is 0.293 e. The highest BCUT2D eigenvalue weighted by atomic mass is 32.2.